The number of hydrogen-bond acceptors (Lipinski definition) is 4. The van der Waals surface area contributed by atoms with Gasteiger partial charge in [0, 0.05) is 21.7 Å². The van der Waals surface area contributed by atoms with Crippen molar-refractivity contribution in [1.82, 2.24) is 4.98 Å². The van der Waals surface area contributed by atoms with E-state index in [2.05, 4.69) is 10.3 Å². The van der Waals surface area contributed by atoms with Crippen molar-refractivity contribution >= 4 is 45.1 Å². The fourth-order valence-corrected chi connectivity index (χ4v) is 3.68. The van der Waals surface area contributed by atoms with Crippen LogP contribution in [0.4, 0.5) is 5.69 Å². The number of fused-ring (bicyclic) bond motifs is 2. The Hall–Kier alpha value is -3.83. The van der Waals surface area contributed by atoms with Crippen molar-refractivity contribution in [3.05, 3.63) is 90.0 Å². The molecule has 1 aromatic heterocycles. The van der Waals surface area contributed by atoms with Crippen LogP contribution in [-0.2, 0) is 4.79 Å². The number of anilines is 1. The number of carbonyl (C=O) groups excluding carboxylic acids is 1. The molecule has 31 heavy (non-hydrogen) atoms. The highest BCUT2D eigenvalue weighted by atomic mass is 35.5. The fourth-order valence-electron chi connectivity index (χ4n) is 3.44. The van der Waals surface area contributed by atoms with Gasteiger partial charge in [0.15, 0.2) is 12.2 Å². The van der Waals surface area contributed by atoms with Crippen LogP contribution in [0.1, 0.15) is 0 Å². The van der Waals surface area contributed by atoms with Gasteiger partial charge in [0.1, 0.15) is 11.3 Å². The highest BCUT2D eigenvalue weighted by Crippen LogP contribution is 2.33. The summed E-state index contributed by atoms with van der Waals surface area (Å²) in [7, 11) is 0. The van der Waals surface area contributed by atoms with E-state index in [-0.39, 0.29) is 12.5 Å². The minimum absolute atomic E-state index is 0.0805. The highest BCUT2D eigenvalue weighted by Gasteiger charge is 2.13. The van der Waals surface area contributed by atoms with E-state index in [0.29, 0.717) is 33.4 Å². The van der Waals surface area contributed by atoms with Crippen molar-refractivity contribution in [2.45, 2.75) is 0 Å². The zero-order valence-electron chi connectivity index (χ0n) is 16.3. The SMILES string of the molecule is O=C(COc1ccccc1)Nc1ccc2oc(-c3cccc4c(Cl)cccc34)nc2c1. The molecule has 0 spiro atoms. The van der Waals surface area contributed by atoms with Crippen LogP contribution < -0.4 is 10.1 Å². The number of carbonyl (C=O) groups is 1. The lowest BCUT2D eigenvalue weighted by Crippen LogP contribution is -2.20. The van der Waals surface area contributed by atoms with Crippen LogP contribution in [0, 0.1) is 0 Å². The minimum Gasteiger partial charge on any atom is -0.484 e. The van der Waals surface area contributed by atoms with Crippen LogP contribution in [0.25, 0.3) is 33.3 Å². The summed E-state index contributed by atoms with van der Waals surface area (Å²) < 4.78 is 11.5. The number of rotatable bonds is 5. The Balaban J connectivity index is 1.38. The number of hydrogen-bond donors (Lipinski definition) is 1. The molecule has 0 unspecified atom stereocenters. The molecule has 0 aliphatic heterocycles. The molecule has 0 aliphatic rings. The zero-order valence-corrected chi connectivity index (χ0v) is 17.1. The normalized spacial score (nSPS) is 11.0. The molecule has 1 heterocycles. The average Bonchev–Trinajstić information content (AvgIpc) is 3.22. The number of nitrogens with zero attached hydrogens (tertiary/aromatic N) is 1. The molecule has 0 saturated carbocycles. The fraction of sp³-hybridized carbons (Fsp3) is 0.0400. The average molecular weight is 429 g/mol. The van der Waals surface area contributed by atoms with E-state index in [1.807, 2.05) is 54.6 Å². The Bertz CT molecular complexity index is 1400. The van der Waals surface area contributed by atoms with Gasteiger partial charge in [0.25, 0.3) is 5.91 Å². The maximum absolute atomic E-state index is 12.2. The Kier molecular flexibility index (Phi) is 5.02. The Morgan fingerprint density at radius 1 is 0.935 bits per heavy atom. The topological polar surface area (TPSA) is 64.4 Å². The largest absolute Gasteiger partial charge is 0.484 e. The number of nitrogens with one attached hydrogen (secondary N) is 1. The van der Waals surface area contributed by atoms with Gasteiger partial charge in [-0.25, -0.2) is 4.98 Å². The Morgan fingerprint density at radius 3 is 2.61 bits per heavy atom. The van der Waals surface area contributed by atoms with Gasteiger partial charge in [-0.3, -0.25) is 4.79 Å². The van der Waals surface area contributed by atoms with Crippen LogP contribution in [0.2, 0.25) is 5.02 Å². The zero-order chi connectivity index (χ0) is 21.2. The summed E-state index contributed by atoms with van der Waals surface area (Å²) in [4.78, 5) is 16.9. The monoisotopic (exact) mass is 428 g/mol. The molecular weight excluding hydrogens is 412 g/mol. The second-order valence-electron chi connectivity index (χ2n) is 6.99. The number of ether oxygens (including phenoxy) is 1. The lowest BCUT2D eigenvalue weighted by molar-refractivity contribution is -0.118. The molecule has 1 amide bonds. The van der Waals surface area contributed by atoms with Gasteiger partial charge in [-0.05, 0) is 47.9 Å². The summed E-state index contributed by atoms with van der Waals surface area (Å²) in [5.74, 6) is 0.888. The minimum atomic E-state index is -0.254. The second-order valence-corrected chi connectivity index (χ2v) is 7.40. The summed E-state index contributed by atoms with van der Waals surface area (Å²) >= 11 is 6.33. The summed E-state index contributed by atoms with van der Waals surface area (Å²) in [6.45, 7) is -0.0805. The summed E-state index contributed by atoms with van der Waals surface area (Å²) in [5.41, 5.74) is 2.76. The standard InChI is InChI=1S/C25H17ClN2O3/c26-21-11-5-8-18-19(21)9-4-10-20(18)25-28-22-14-16(12-13-23(22)31-25)27-24(29)15-30-17-6-2-1-3-7-17/h1-14H,15H2,(H,27,29). The summed E-state index contributed by atoms with van der Waals surface area (Å²) in [6, 6.07) is 26.1. The van der Waals surface area contributed by atoms with Crippen LogP contribution in [0.5, 0.6) is 5.75 Å². The third kappa shape index (κ3) is 3.96. The van der Waals surface area contributed by atoms with Gasteiger partial charge in [-0.2, -0.15) is 0 Å². The molecule has 0 aliphatic carbocycles. The lowest BCUT2D eigenvalue weighted by Gasteiger charge is -2.07. The first-order chi connectivity index (χ1) is 15.2. The number of benzene rings is 4. The maximum atomic E-state index is 12.2. The van der Waals surface area contributed by atoms with E-state index < -0.39 is 0 Å². The quantitative estimate of drug-likeness (QED) is 0.356. The van der Waals surface area contributed by atoms with Crippen molar-refractivity contribution < 1.29 is 13.9 Å². The molecule has 0 saturated heterocycles. The Labute approximate surface area is 183 Å². The molecule has 0 fully saturated rings. The highest BCUT2D eigenvalue weighted by molar-refractivity contribution is 6.35. The molecule has 0 bridgehead atoms. The smallest absolute Gasteiger partial charge is 0.262 e. The van der Waals surface area contributed by atoms with Crippen molar-refractivity contribution in [3.63, 3.8) is 0 Å². The van der Waals surface area contributed by atoms with Crippen LogP contribution >= 0.6 is 11.6 Å². The second kappa shape index (κ2) is 8.13. The predicted molar refractivity (Wildman–Crippen MR) is 123 cm³/mol. The van der Waals surface area contributed by atoms with E-state index >= 15 is 0 Å². The first kappa shape index (κ1) is 19.2. The predicted octanol–water partition coefficient (Wildman–Crippen LogP) is 6.32. The van der Waals surface area contributed by atoms with E-state index in [1.165, 1.54) is 0 Å². The molecule has 152 valence electrons. The molecule has 4 aromatic carbocycles. The van der Waals surface area contributed by atoms with E-state index in [4.69, 9.17) is 20.8 Å². The molecule has 0 radical (unpaired) electrons. The van der Waals surface area contributed by atoms with Gasteiger partial charge in [-0.1, -0.05) is 54.1 Å². The van der Waals surface area contributed by atoms with Gasteiger partial charge < -0.3 is 14.5 Å². The first-order valence-electron chi connectivity index (χ1n) is 9.73. The van der Waals surface area contributed by atoms with Gasteiger partial charge in [-0.15, -0.1) is 0 Å². The molecule has 5 nitrogen and oxygen atoms in total. The molecule has 0 atom stereocenters. The number of aromatic nitrogens is 1. The third-order valence-electron chi connectivity index (χ3n) is 4.88. The van der Waals surface area contributed by atoms with E-state index in [0.717, 1.165) is 16.3 Å². The van der Waals surface area contributed by atoms with Crippen LogP contribution in [0.15, 0.2) is 89.3 Å². The van der Waals surface area contributed by atoms with E-state index in [9.17, 15) is 4.79 Å². The molecule has 6 heteroatoms. The first-order valence-corrected chi connectivity index (χ1v) is 10.1. The third-order valence-corrected chi connectivity index (χ3v) is 5.21. The summed E-state index contributed by atoms with van der Waals surface area (Å²) in [6.07, 6.45) is 0. The van der Waals surface area contributed by atoms with Gasteiger partial charge in [0.05, 0.1) is 0 Å². The van der Waals surface area contributed by atoms with Gasteiger partial charge in [0.2, 0.25) is 5.89 Å². The van der Waals surface area contributed by atoms with E-state index in [1.54, 1.807) is 30.3 Å². The molecule has 1 N–H and O–H groups in total. The van der Waals surface area contributed by atoms with Crippen molar-refractivity contribution in [2.24, 2.45) is 0 Å². The van der Waals surface area contributed by atoms with Crippen molar-refractivity contribution in [2.75, 3.05) is 11.9 Å². The summed E-state index contributed by atoms with van der Waals surface area (Å²) in [5, 5.41) is 5.41. The number of halogens is 1. The van der Waals surface area contributed by atoms with Gasteiger partial charge >= 0.3 is 0 Å². The lowest BCUT2D eigenvalue weighted by atomic mass is 10.0. The Morgan fingerprint density at radius 2 is 1.74 bits per heavy atom. The molecule has 5 aromatic rings. The number of amides is 1. The number of oxazole rings is 1. The van der Waals surface area contributed by atoms with Crippen LogP contribution in [-0.4, -0.2) is 17.5 Å². The van der Waals surface area contributed by atoms with Crippen molar-refractivity contribution in [3.8, 4) is 17.2 Å². The molecular formula is C25H17ClN2O3. The van der Waals surface area contributed by atoms with Crippen LogP contribution in [0.3, 0.4) is 0 Å². The number of para-hydroxylation sites is 1. The van der Waals surface area contributed by atoms with Crippen molar-refractivity contribution in [1.29, 1.82) is 0 Å². The maximum Gasteiger partial charge on any atom is 0.262 e. The molecule has 5 rings (SSSR count).